The van der Waals surface area contributed by atoms with Gasteiger partial charge in [-0.15, -0.1) is 0 Å². The van der Waals surface area contributed by atoms with Crippen LogP contribution in [0.1, 0.15) is 30.1 Å². The van der Waals surface area contributed by atoms with Crippen molar-refractivity contribution < 1.29 is 33.4 Å². The van der Waals surface area contributed by atoms with E-state index in [1.54, 1.807) is 48.5 Å². The Morgan fingerprint density at radius 2 is 1.85 bits per heavy atom. The van der Waals surface area contributed by atoms with Crippen molar-refractivity contribution in [3.8, 4) is 5.75 Å². The predicted molar refractivity (Wildman–Crippen MR) is 120 cm³/mol. The zero-order chi connectivity index (χ0) is 23.8. The highest BCUT2D eigenvalue weighted by Gasteiger charge is 2.36. The number of ether oxygens (including phenoxy) is 3. The van der Waals surface area contributed by atoms with Crippen LogP contribution in [0.2, 0.25) is 0 Å². The number of nitrogens with one attached hydrogen (secondary N) is 1. The van der Waals surface area contributed by atoms with Crippen molar-refractivity contribution in [1.29, 1.82) is 0 Å². The van der Waals surface area contributed by atoms with E-state index in [9.17, 15) is 19.2 Å². The van der Waals surface area contributed by atoms with Crippen LogP contribution in [0.25, 0.3) is 0 Å². The summed E-state index contributed by atoms with van der Waals surface area (Å²) < 4.78 is 15.3. The van der Waals surface area contributed by atoms with Crippen LogP contribution in [0.15, 0.2) is 48.5 Å². The number of carbonyl (C=O) groups is 4. The number of amides is 2. The molecule has 33 heavy (non-hydrogen) atoms. The molecule has 0 saturated carbocycles. The molecule has 0 unspecified atom stereocenters. The molecule has 1 atom stereocenters. The molecule has 174 valence electrons. The Balaban J connectivity index is 1.51. The average molecular weight is 454 g/mol. The standard InChI is InChI=1S/C24H26N2O7/c1-3-11-32-23(29)16-7-9-19(10-8-16)26-14-17(12-22(26)28)24(30)33-15-21(27)25-18-5-4-6-20(13-18)31-2/h4-10,13,17H,3,11-12,14-15H2,1-2H3,(H,25,27)/t17-/m1/s1. The summed E-state index contributed by atoms with van der Waals surface area (Å²) in [5.41, 5.74) is 1.47. The fraction of sp³-hybridized carbons (Fsp3) is 0.333. The minimum Gasteiger partial charge on any atom is -0.497 e. The predicted octanol–water partition coefficient (Wildman–Crippen LogP) is 2.80. The van der Waals surface area contributed by atoms with E-state index in [1.807, 2.05) is 6.92 Å². The van der Waals surface area contributed by atoms with Crippen molar-refractivity contribution in [1.82, 2.24) is 0 Å². The molecule has 0 aliphatic carbocycles. The van der Waals surface area contributed by atoms with Crippen LogP contribution in [0.4, 0.5) is 11.4 Å². The number of carbonyl (C=O) groups excluding carboxylic acids is 4. The summed E-state index contributed by atoms with van der Waals surface area (Å²) in [6.07, 6.45) is 0.711. The molecule has 2 aromatic rings. The van der Waals surface area contributed by atoms with E-state index in [-0.39, 0.29) is 18.9 Å². The summed E-state index contributed by atoms with van der Waals surface area (Å²) in [5, 5.41) is 2.62. The van der Waals surface area contributed by atoms with Crippen LogP contribution in [-0.2, 0) is 23.9 Å². The maximum atomic E-state index is 12.4. The molecule has 1 fully saturated rings. The fourth-order valence-electron chi connectivity index (χ4n) is 3.32. The largest absolute Gasteiger partial charge is 0.497 e. The van der Waals surface area contributed by atoms with Gasteiger partial charge >= 0.3 is 11.9 Å². The van der Waals surface area contributed by atoms with Crippen LogP contribution in [0, 0.1) is 5.92 Å². The lowest BCUT2D eigenvalue weighted by Crippen LogP contribution is -2.28. The van der Waals surface area contributed by atoms with Gasteiger partial charge in [0, 0.05) is 30.4 Å². The molecule has 1 aliphatic heterocycles. The monoisotopic (exact) mass is 454 g/mol. The zero-order valence-electron chi connectivity index (χ0n) is 18.5. The number of anilines is 2. The lowest BCUT2D eigenvalue weighted by atomic mass is 10.1. The highest BCUT2D eigenvalue weighted by Crippen LogP contribution is 2.26. The van der Waals surface area contributed by atoms with Gasteiger partial charge in [-0.1, -0.05) is 13.0 Å². The number of benzene rings is 2. The van der Waals surface area contributed by atoms with Crippen LogP contribution < -0.4 is 15.0 Å². The summed E-state index contributed by atoms with van der Waals surface area (Å²) in [5.74, 6) is -1.88. The van der Waals surface area contributed by atoms with Gasteiger partial charge in [-0.2, -0.15) is 0 Å². The Kier molecular flexibility index (Phi) is 8.01. The van der Waals surface area contributed by atoms with Gasteiger partial charge in [0.15, 0.2) is 6.61 Å². The molecule has 0 aromatic heterocycles. The summed E-state index contributed by atoms with van der Waals surface area (Å²) in [7, 11) is 1.52. The van der Waals surface area contributed by atoms with Gasteiger partial charge in [-0.05, 0) is 42.8 Å². The Labute approximate surface area is 191 Å². The SMILES string of the molecule is CCCOC(=O)c1ccc(N2C[C@H](C(=O)OCC(=O)Nc3cccc(OC)c3)CC2=O)cc1. The molecule has 1 N–H and O–H groups in total. The van der Waals surface area contributed by atoms with Crippen LogP contribution in [-0.4, -0.2) is 50.6 Å². The molecule has 1 aliphatic rings. The second-order valence-corrected chi connectivity index (χ2v) is 7.48. The highest BCUT2D eigenvalue weighted by atomic mass is 16.5. The van der Waals surface area contributed by atoms with Crippen molar-refractivity contribution in [2.45, 2.75) is 19.8 Å². The number of nitrogens with zero attached hydrogens (tertiary/aromatic N) is 1. The van der Waals surface area contributed by atoms with Gasteiger partial charge < -0.3 is 24.4 Å². The van der Waals surface area contributed by atoms with Gasteiger partial charge in [0.2, 0.25) is 5.91 Å². The van der Waals surface area contributed by atoms with E-state index in [2.05, 4.69) is 5.32 Å². The van der Waals surface area contributed by atoms with Gasteiger partial charge in [-0.3, -0.25) is 14.4 Å². The average Bonchev–Trinajstić information content (AvgIpc) is 3.22. The molecule has 9 heteroatoms. The molecule has 1 saturated heterocycles. The van der Waals surface area contributed by atoms with E-state index >= 15 is 0 Å². The number of rotatable bonds is 9. The lowest BCUT2D eigenvalue weighted by Gasteiger charge is -2.17. The van der Waals surface area contributed by atoms with Gasteiger partial charge in [-0.25, -0.2) is 4.79 Å². The Hall–Kier alpha value is -3.88. The third kappa shape index (κ3) is 6.31. The summed E-state index contributed by atoms with van der Waals surface area (Å²) in [6.45, 7) is 1.92. The van der Waals surface area contributed by atoms with E-state index in [0.717, 1.165) is 6.42 Å². The van der Waals surface area contributed by atoms with Crippen LogP contribution >= 0.6 is 0 Å². The third-order valence-electron chi connectivity index (χ3n) is 5.01. The zero-order valence-corrected chi connectivity index (χ0v) is 18.5. The van der Waals surface area contributed by atoms with Gasteiger partial charge in [0.05, 0.1) is 25.2 Å². The second-order valence-electron chi connectivity index (χ2n) is 7.48. The van der Waals surface area contributed by atoms with Crippen molar-refractivity contribution >= 4 is 35.1 Å². The van der Waals surface area contributed by atoms with Gasteiger partial charge in [0.25, 0.3) is 5.91 Å². The molecule has 2 amide bonds. The fourth-order valence-corrected chi connectivity index (χ4v) is 3.32. The smallest absolute Gasteiger partial charge is 0.338 e. The second kappa shape index (κ2) is 11.1. The number of hydrogen-bond donors (Lipinski definition) is 1. The Morgan fingerprint density at radius 3 is 2.55 bits per heavy atom. The van der Waals surface area contributed by atoms with Crippen LogP contribution in [0.3, 0.4) is 0 Å². The maximum Gasteiger partial charge on any atom is 0.338 e. The maximum absolute atomic E-state index is 12.4. The van der Waals surface area contributed by atoms with Crippen LogP contribution in [0.5, 0.6) is 5.75 Å². The normalized spacial score (nSPS) is 15.2. The molecule has 0 spiro atoms. The Bertz CT molecular complexity index is 1020. The third-order valence-corrected chi connectivity index (χ3v) is 5.01. The number of hydrogen-bond acceptors (Lipinski definition) is 7. The van der Waals surface area contributed by atoms with E-state index in [0.29, 0.717) is 29.3 Å². The molecule has 1 heterocycles. The first-order chi connectivity index (χ1) is 15.9. The quantitative estimate of drug-likeness (QED) is 0.580. The van der Waals surface area contributed by atoms with E-state index in [1.165, 1.54) is 12.0 Å². The molecule has 3 rings (SSSR count). The first kappa shape index (κ1) is 23.8. The minimum atomic E-state index is -0.684. The van der Waals surface area contributed by atoms with Crippen molar-refractivity contribution in [3.05, 3.63) is 54.1 Å². The summed E-state index contributed by atoms with van der Waals surface area (Å²) >= 11 is 0. The highest BCUT2D eigenvalue weighted by molar-refractivity contribution is 6.00. The summed E-state index contributed by atoms with van der Waals surface area (Å²) in [4.78, 5) is 50.3. The minimum absolute atomic E-state index is 0.0172. The molecule has 2 aromatic carbocycles. The van der Waals surface area contributed by atoms with Gasteiger partial charge in [0.1, 0.15) is 5.75 Å². The number of esters is 2. The molecular formula is C24H26N2O7. The van der Waals surface area contributed by atoms with Crippen molar-refractivity contribution in [2.75, 3.05) is 37.1 Å². The number of methoxy groups -OCH3 is 1. The van der Waals surface area contributed by atoms with E-state index in [4.69, 9.17) is 14.2 Å². The molecule has 0 radical (unpaired) electrons. The lowest BCUT2D eigenvalue weighted by molar-refractivity contribution is -0.151. The molecular weight excluding hydrogens is 428 g/mol. The van der Waals surface area contributed by atoms with Crippen molar-refractivity contribution in [2.24, 2.45) is 5.92 Å². The molecule has 9 nitrogen and oxygen atoms in total. The van der Waals surface area contributed by atoms with E-state index < -0.39 is 30.4 Å². The molecule has 0 bridgehead atoms. The topological polar surface area (TPSA) is 111 Å². The first-order valence-corrected chi connectivity index (χ1v) is 10.6. The summed E-state index contributed by atoms with van der Waals surface area (Å²) in [6, 6.07) is 13.2. The Morgan fingerprint density at radius 1 is 1.09 bits per heavy atom. The first-order valence-electron chi connectivity index (χ1n) is 10.6. The van der Waals surface area contributed by atoms with Crippen molar-refractivity contribution in [3.63, 3.8) is 0 Å².